The molecule has 0 saturated heterocycles. The first-order chi connectivity index (χ1) is 15.7. The zero-order valence-electron chi connectivity index (χ0n) is 16.3. The number of benzene rings is 2. The van der Waals surface area contributed by atoms with E-state index >= 15 is 0 Å². The van der Waals surface area contributed by atoms with Gasteiger partial charge in [-0.15, -0.1) is 0 Å². The average Bonchev–Trinajstić information content (AvgIpc) is 2.75. The molecule has 2 aromatic rings. The second kappa shape index (κ2) is 10.8. The standard InChI is InChI=1S/C18H12F10N4S2/c19-15(20,17(23,24)25)13(31-29-11-7-3-1-4-8-11)33-34-14(16(21,22)18(26,27)28)32-30-12-9-5-2-6-10-12/h1-10,29-30H/b31-13-,32-14+. The second-order valence-electron chi connectivity index (χ2n) is 6.10. The predicted octanol–water partition coefficient (Wildman–Crippen LogP) is 7.61. The molecule has 0 aliphatic carbocycles. The predicted molar refractivity (Wildman–Crippen MR) is 112 cm³/mol. The summed E-state index contributed by atoms with van der Waals surface area (Å²) in [6.45, 7) is 0. The number of hydrogen-bond donors (Lipinski definition) is 2. The highest BCUT2D eigenvalue weighted by atomic mass is 33.1. The molecule has 0 bridgehead atoms. The first kappa shape index (κ1) is 27.6. The third-order valence-corrected chi connectivity index (χ3v) is 5.86. The van der Waals surface area contributed by atoms with E-state index in [9.17, 15) is 43.9 Å². The summed E-state index contributed by atoms with van der Waals surface area (Å²) >= 11 is 0. The van der Waals surface area contributed by atoms with Gasteiger partial charge in [-0.25, -0.2) is 0 Å². The van der Waals surface area contributed by atoms with Gasteiger partial charge in [0.05, 0.1) is 11.4 Å². The number of hydrogen-bond acceptors (Lipinski definition) is 6. The van der Waals surface area contributed by atoms with Crippen molar-refractivity contribution in [1.82, 2.24) is 0 Å². The van der Waals surface area contributed by atoms with Crippen LogP contribution < -0.4 is 10.9 Å². The fourth-order valence-electron chi connectivity index (χ4n) is 1.86. The van der Waals surface area contributed by atoms with Gasteiger partial charge in [0.25, 0.3) is 0 Å². The molecule has 0 aliphatic rings. The van der Waals surface area contributed by atoms with Crippen LogP contribution in [-0.2, 0) is 0 Å². The van der Waals surface area contributed by atoms with E-state index in [1.54, 1.807) is 0 Å². The molecule has 16 heteroatoms. The number of alkyl halides is 10. The number of para-hydroxylation sites is 2. The van der Waals surface area contributed by atoms with Gasteiger partial charge in [-0.1, -0.05) is 36.4 Å². The van der Waals surface area contributed by atoms with Crippen LogP contribution in [0.25, 0.3) is 0 Å². The summed E-state index contributed by atoms with van der Waals surface area (Å²) in [5.41, 5.74) is 3.66. The van der Waals surface area contributed by atoms with E-state index in [4.69, 9.17) is 0 Å². The highest BCUT2D eigenvalue weighted by Gasteiger charge is 2.64. The van der Waals surface area contributed by atoms with Crippen molar-refractivity contribution >= 4 is 43.1 Å². The molecule has 0 radical (unpaired) electrons. The summed E-state index contributed by atoms with van der Waals surface area (Å²) in [7, 11) is -1.51. The van der Waals surface area contributed by atoms with Crippen molar-refractivity contribution < 1.29 is 43.9 Å². The van der Waals surface area contributed by atoms with Crippen molar-refractivity contribution in [2.45, 2.75) is 24.2 Å². The van der Waals surface area contributed by atoms with Gasteiger partial charge in [-0.3, -0.25) is 10.9 Å². The van der Waals surface area contributed by atoms with E-state index in [2.05, 4.69) is 10.2 Å². The number of nitrogens with zero attached hydrogens (tertiary/aromatic N) is 2. The fourth-order valence-corrected chi connectivity index (χ4v) is 3.95. The van der Waals surface area contributed by atoms with E-state index in [1.807, 2.05) is 10.9 Å². The lowest BCUT2D eigenvalue weighted by molar-refractivity contribution is -0.248. The smallest absolute Gasteiger partial charge is 0.277 e. The quantitative estimate of drug-likeness (QED) is 0.131. The molecule has 0 amide bonds. The molecule has 0 unspecified atom stereocenters. The second-order valence-corrected chi connectivity index (χ2v) is 8.21. The SMILES string of the molecule is FC(F)(F)C(F)(F)/C(=N/Nc1ccccc1)SS/C(=N/Nc1ccccc1)C(F)(F)C(F)(F)F. The number of rotatable bonds is 6. The maximum absolute atomic E-state index is 13.9. The Kier molecular flexibility index (Phi) is 8.74. The van der Waals surface area contributed by atoms with Gasteiger partial charge < -0.3 is 0 Å². The third kappa shape index (κ3) is 6.94. The topological polar surface area (TPSA) is 48.8 Å². The van der Waals surface area contributed by atoms with E-state index in [1.165, 1.54) is 60.7 Å². The minimum absolute atomic E-state index is 0.0520. The third-order valence-electron chi connectivity index (χ3n) is 3.57. The molecule has 2 N–H and O–H groups in total. The lowest BCUT2D eigenvalue weighted by Crippen LogP contribution is -2.44. The Bertz CT molecular complexity index is 912. The Hall–Kier alpha value is -2.62. The molecule has 0 fully saturated rings. The van der Waals surface area contributed by atoms with Gasteiger partial charge in [0.15, 0.2) is 10.1 Å². The Balaban J connectivity index is 2.39. The molecule has 4 nitrogen and oxygen atoms in total. The summed E-state index contributed by atoms with van der Waals surface area (Å²) in [4.78, 5) is 0. The minimum atomic E-state index is -6.22. The lowest BCUT2D eigenvalue weighted by atomic mass is 10.3. The molecular weight excluding hydrogens is 526 g/mol. The average molecular weight is 538 g/mol. The maximum atomic E-state index is 13.9. The van der Waals surface area contributed by atoms with Crippen LogP contribution in [0.3, 0.4) is 0 Å². The van der Waals surface area contributed by atoms with Crippen LogP contribution in [0.15, 0.2) is 70.9 Å². The van der Waals surface area contributed by atoms with Crippen LogP contribution in [0.2, 0.25) is 0 Å². The highest BCUT2D eigenvalue weighted by Crippen LogP contribution is 2.47. The molecule has 0 atom stereocenters. The molecule has 0 saturated carbocycles. The molecule has 2 rings (SSSR count). The normalized spacial score (nSPS) is 14.2. The Labute approximate surface area is 193 Å². The Morgan fingerprint density at radius 3 is 1.09 bits per heavy atom. The Morgan fingerprint density at radius 1 is 0.529 bits per heavy atom. The Morgan fingerprint density at radius 2 is 0.824 bits per heavy atom. The van der Waals surface area contributed by atoms with E-state index in [0.717, 1.165) is 0 Å². The van der Waals surface area contributed by atoms with Gasteiger partial charge in [0.2, 0.25) is 0 Å². The fraction of sp³-hybridized carbons (Fsp3) is 0.222. The van der Waals surface area contributed by atoms with Crippen molar-refractivity contribution in [2.24, 2.45) is 10.2 Å². The molecule has 0 heterocycles. The van der Waals surface area contributed by atoms with Crippen molar-refractivity contribution in [3.05, 3.63) is 60.7 Å². The minimum Gasteiger partial charge on any atom is -0.277 e. The summed E-state index contributed by atoms with van der Waals surface area (Å²) in [6, 6.07) is 13.4. The van der Waals surface area contributed by atoms with Crippen LogP contribution in [-0.4, -0.2) is 34.3 Å². The molecule has 34 heavy (non-hydrogen) atoms. The molecule has 0 spiro atoms. The zero-order chi connectivity index (χ0) is 25.6. The molecule has 186 valence electrons. The summed E-state index contributed by atoms with van der Waals surface area (Å²) < 4.78 is 133. The van der Waals surface area contributed by atoms with Crippen LogP contribution in [0.1, 0.15) is 0 Å². The number of halogens is 10. The summed E-state index contributed by atoms with van der Waals surface area (Å²) in [6.07, 6.45) is -12.4. The monoisotopic (exact) mass is 538 g/mol. The van der Waals surface area contributed by atoms with Gasteiger partial charge in [0, 0.05) is 0 Å². The van der Waals surface area contributed by atoms with Crippen molar-refractivity contribution in [1.29, 1.82) is 0 Å². The molecular formula is C18H12F10N4S2. The highest BCUT2D eigenvalue weighted by molar-refractivity contribution is 8.87. The number of hydrazone groups is 2. The molecule has 0 aliphatic heterocycles. The van der Waals surface area contributed by atoms with Crippen LogP contribution >= 0.6 is 21.6 Å². The molecule has 2 aromatic carbocycles. The lowest BCUT2D eigenvalue weighted by Gasteiger charge is -2.23. The largest absolute Gasteiger partial charge is 0.460 e. The van der Waals surface area contributed by atoms with Crippen LogP contribution in [0.4, 0.5) is 55.3 Å². The maximum Gasteiger partial charge on any atom is 0.460 e. The number of nitrogens with one attached hydrogen (secondary N) is 2. The van der Waals surface area contributed by atoms with Crippen LogP contribution in [0, 0.1) is 0 Å². The van der Waals surface area contributed by atoms with Crippen molar-refractivity contribution in [3.63, 3.8) is 0 Å². The first-order valence-corrected chi connectivity index (χ1v) is 10.8. The van der Waals surface area contributed by atoms with Gasteiger partial charge in [-0.05, 0) is 45.9 Å². The van der Waals surface area contributed by atoms with Crippen LogP contribution in [0.5, 0.6) is 0 Å². The summed E-state index contributed by atoms with van der Waals surface area (Å²) in [5.74, 6) is -11.4. The molecule has 0 aromatic heterocycles. The zero-order valence-corrected chi connectivity index (χ0v) is 17.9. The van der Waals surface area contributed by atoms with Crippen molar-refractivity contribution in [2.75, 3.05) is 10.9 Å². The van der Waals surface area contributed by atoms with E-state index in [-0.39, 0.29) is 11.4 Å². The number of anilines is 2. The van der Waals surface area contributed by atoms with E-state index < -0.39 is 55.9 Å². The van der Waals surface area contributed by atoms with Gasteiger partial charge >= 0.3 is 24.2 Å². The van der Waals surface area contributed by atoms with E-state index in [0.29, 0.717) is 0 Å². The van der Waals surface area contributed by atoms with Gasteiger partial charge in [0.1, 0.15) is 0 Å². The summed E-state index contributed by atoms with van der Waals surface area (Å²) in [5, 5.41) is 1.56. The van der Waals surface area contributed by atoms with Gasteiger partial charge in [-0.2, -0.15) is 54.1 Å². The van der Waals surface area contributed by atoms with Crippen molar-refractivity contribution in [3.8, 4) is 0 Å². The first-order valence-electron chi connectivity index (χ1n) is 8.68.